The van der Waals surface area contributed by atoms with Crippen molar-refractivity contribution in [1.29, 1.82) is 0 Å². The summed E-state index contributed by atoms with van der Waals surface area (Å²) in [6.07, 6.45) is 3.23. The van der Waals surface area contributed by atoms with Crippen molar-refractivity contribution in [2.75, 3.05) is 6.61 Å². The van der Waals surface area contributed by atoms with Crippen molar-refractivity contribution in [3.8, 4) is 11.5 Å². The van der Waals surface area contributed by atoms with E-state index in [0.717, 1.165) is 9.13 Å². The van der Waals surface area contributed by atoms with E-state index in [4.69, 9.17) is 4.74 Å². The number of ether oxygens (including phenoxy) is 1. The average molecular weight is 394 g/mol. The molecule has 0 radical (unpaired) electrons. The van der Waals surface area contributed by atoms with Gasteiger partial charge in [0.05, 0.1) is 6.61 Å². The molecule has 0 atom stereocenters. The minimum absolute atomic E-state index is 0.0579. The number of carbonyl (C=O) groups is 1. The van der Waals surface area contributed by atoms with Crippen LogP contribution in [-0.4, -0.2) is 17.5 Å². The van der Waals surface area contributed by atoms with Crippen LogP contribution >= 0.6 is 22.6 Å². The van der Waals surface area contributed by atoms with Gasteiger partial charge in [-0.1, -0.05) is 24.3 Å². The molecule has 0 unspecified atom stereocenters. The first-order valence-corrected chi connectivity index (χ1v) is 7.62. The monoisotopic (exact) mass is 394 g/mol. The number of hydrogen-bond donors (Lipinski definition) is 1. The Labute approximate surface area is 137 Å². The summed E-state index contributed by atoms with van der Waals surface area (Å²) < 4.78 is 6.40. The van der Waals surface area contributed by atoms with E-state index in [-0.39, 0.29) is 11.5 Å². The zero-order chi connectivity index (χ0) is 15.2. The van der Waals surface area contributed by atoms with Crippen LogP contribution in [0, 0.1) is 3.57 Å². The molecule has 0 aliphatic rings. The van der Waals surface area contributed by atoms with Gasteiger partial charge in [0.25, 0.3) is 0 Å². The maximum absolute atomic E-state index is 12.0. The van der Waals surface area contributed by atoms with Gasteiger partial charge >= 0.3 is 0 Å². The molecule has 108 valence electrons. The van der Waals surface area contributed by atoms with Crippen molar-refractivity contribution < 1.29 is 14.6 Å². The second-order valence-electron chi connectivity index (χ2n) is 4.36. The third kappa shape index (κ3) is 4.32. The van der Waals surface area contributed by atoms with Gasteiger partial charge in [0.2, 0.25) is 0 Å². The van der Waals surface area contributed by atoms with Gasteiger partial charge in [-0.3, -0.25) is 4.79 Å². The van der Waals surface area contributed by atoms with Crippen molar-refractivity contribution in [3.63, 3.8) is 0 Å². The summed E-state index contributed by atoms with van der Waals surface area (Å²) in [5.41, 5.74) is 1.45. The molecule has 4 heteroatoms. The van der Waals surface area contributed by atoms with Gasteiger partial charge < -0.3 is 9.84 Å². The molecule has 0 amide bonds. The van der Waals surface area contributed by atoms with Crippen molar-refractivity contribution in [3.05, 3.63) is 63.2 Å². The van der Waals surface area contributed by atoms with Gasteiger partial charge in [-0.15, -0.1) is 0 Å². The van der Waals surface area contributed by atoms with E-state index in [2.05, 4.69) is 22.6 Å². The standard InChI is InChI=1S/C17H15IO3/c1-2-21-17-11-12(4-10-16(17)20)3-9-15(19)13-5-7-14(18)8-6-13/h3-11,20H,2H2,1H3/b9-3+. The lowest BCUT2D eigenvalue weighted by Crippen LogP contribution is -1.94. The lowest BCUT2D eigenvalue weighted by molar-refractivity contribution is 0.104. The summed E-state index contributed by atoms with van der Waals surface area (Å²) in [5.74, 6) is 0.455. The van der Waals surface area contributed by atoms with Crippen LogP contribution in [-0.2, 0) is 0 Å². The zero-order valence-electron chi connectivity index (χ0n) is 11.5. The lowest BCUT2D eigenvalue weighted by atomic mass is 10.1. The molecule has 0 spiro atoms. The molecule has 0 saturated heterocycles. The Balaban J connectivity index is 2.15. The Hall–Kier alpha value is -1.82. The molecule has 0 bridgehead atoms. The van der Waals surface area contributed by atoms with Crippen LogP contribution < -0.4 is 4.74 Å². The quantitative estimate of drug-likeness (QED) is 0.468. The van der Waals surface area contributed by atoms with Crippen molar-refractivity contribution >= 4 is 34.5 Å². The number of aromatic hydroxyl groups is 1. The van der Waals surface area contributed by atoms with Crippen molar-refractivity contribution in [2.24, 2.45) is 0 Å². The number of ketones is 1. The normalized spacial score (nSPS) is 10.8. The molecule has 21 heavy (non-hydrogen) atoms. The molecule has 1 N–H and O–H groups in total. The number of allylic oxidation sites excluding steroid dienone is 1. The minimum atomic E-state index is -0.0579. The zero-order valence-corrected chi connectivity index (χ0v) is 13.7. The first-order chi connectivity index (χ1) is 10.1. The Morgan fingerprint density at radius 3 is 2.62 bits per heavy atom. The van der Waals surface area contributed by atoms with E-state index in [0.29, 0.717) is 17.9 Å². The topological polar surface area (TPSA) is 46.5 Å². The molecular weight excluding hydrogens is 379 g/mol. The minimum Gasteiger partial charge on any atom is -0.504 e. The van der Waals surface area contributed by atoms with Gasteiger partial charge in [-0.05, 0) is 65.4 Å². The molecule has 0 saturated carbocycles. The molecule has 2 aromatic rings. The fraction of sp³-hybridized carbons (Fsp3) is 0.118. The highest BCUT2D eigenvalue weighted by atomic mass is 127. The number of hydrogen-bond acceptors (Lipinski definition) is 3. The predicted octanol–water partition coefficient (Wildman–Crippen LogP) is 4.29. The number of phenolic OH excluding ortho intramolecular Hbond substituents is 1. The second kappa shape index (κ2) is 7.26. The Kier molecular flexibility index (Phi) is 5.38. The molecular formula is C17H15IO3. The first-order valence-electron chi connectivity index (χ1n) is 6.54. The summed E-state index contributed by atoms with van der Waals surface area (Å²) in [4.78, 5) is 12.0. The highest BCUT2D eigenvalue weighted by molar-refractivity contribution is 14.1. The maximum Gasteiger partial charge on any atom is 0.185 e. The van der Waals surface area contributed by atoms with Crippen LogP contribution in [0.2, 0.25) is 0 Å². The highest BCUT2D eigenvalue weighted by Crippen LogP contribution is 2.27. The smallest absolute Gasteiger partial charge is 0.185 e. The number of benzene rings is 2. The molecule has 0 aromatic heterocycles. The predicted molar refractivity (Wildman–Crippen MR) is 91.8 cm³/mol. The number of phenols is 1. The first kappa shape index (κ1) is 15.6. The third-order valence-electron chi connectivity index (χ3n) is 2.84. The van der Waals surface area contributed by atoms with Gasteiger partial charge in [-0.25, -0.2) is 0 Å². The SMILES string of the molecule is CCOc1cc(/C=C/C(=O)c2ccc(I)cc2)ccc1O. The van der Waals surface area contributed by atoms with Crippen LogP contribution in [0.25, 0.3) is 6.08 Å². The molecule has 0 fully saturated rings. The molecule has 0 heterocycles. The largest absolute Gasteiger partial charge is 0.504 e. The van der Waals surface area contributed by atoms with Crippen LogP contribution in [0.5, 0.6) is 11.5 Å². The van der Waals surface area contributed by atoms with Crippen LogP contribution in [0.15, 0.2) is 48.5 Å². The Bertz CT molecular complexity index is 660. The Morgan fingerprint density at radius 1 is 1.24 bits per heavy atom. The molecule has 0 aliphatic carbocycles. The fourth-order valence-corrected chi connectivity index (χ4v) is 2.15. The maximum atomic E-state index is 12.0. The molecule has 2 aromatic carbocycles. The van der Waals surface area contributed by atoms with Crippen LogP contribution in [0.1, 0.15) is 22.8 Å². The Morgan fingerprint density at radius 2 is 1.95 bits per heavy atom. The van der Waals surface area contributed by atoms with Crippen LogP contribution in [0.3, 0.4) is 0 Å². The second-order valence-corrected chi connectivity index (χ2v) is 5.61. The van der Waals surface area contributed by atoms with E-state index in [1.165, 1.54) is 6.08 Å². The molecule has 0 aliphatic heterocycles. The van der Waals surface area contributed by atoms with E-state index < -0.39 is 0 Å². The molecule has 2 rings (SSSR count). The van der Waals surface area contributed by atoms with E-state index >= 15 is 0 Å². The highest BCUT2D eigenvalue weighted by Gasteiger charge is 2.03. The third-order valence-corrected chi connectivity index (χ3v) is 3.56. The average Bonchev–Trinajstić information content (AvgIpc) is 2.48. The van der Waals surface area contributed by atoms with Gasteiger partial charge in [0.1, 0.15) is 0 Å². The van der Waals surface area contributed by atoms with Gasteiger partial charge in [-0.2, -0.15) is 0 Å². The van der Waals surface area contributed by atoms with E-state index in [1.807, 2.05) is 19.1 Å². The van der Waals surface area contributed by atoms with E-state index in [9.17, 15) is 9.90 Å². The van der Waals surface area contributed by atoms with Crippen LogP contribution in [0.4, 0.5) is 0 Å². The van der Waals surface area contributed by atoms with Gasteiger partial charge in [0, 0.05) is 9.13 Å². The number of carbonyl (C=O) groups excluding carboxylic acids is 1. The fourth-order valence-electron chi connectivity index (χ4n) is 1.79. The summed E-state index contributed by atoms with van der Waals surface area (Å²) in [7, 11) is 0. The van der Waals surface area contributed by atoms with Crippen molar-refractivity contribution in [2.45, 2.75) is 6.92 Å². The van der Waals surface area contributed by atoms with Crippen molar-refractivity contribution in [1.82, 2.24) is 0 Å². The summed E-state index contributed by atoms with van der Waals surface area (Å²) in [6, 6.07) is 12.4. The number of halogens is 1. The molecule has 3 nitrogen and oxygen atoms in total. The summed E-state index contributed by atoms with van der Waals surface area (Å²) in [6.45, 7) is 2.32. The van der Waals surface area contributed by atoms with Gasteiger partial charge in [0.15, 0.2) is 17.3 Å². The summed E-state index contributed by atoms with van der Waals surface area (Å²) >= 11 is 2.20. The van der Waals surface area contributed by atoms with E-state index in [1.54, 1.807) is 36.4 Å². The summed E-state index contributed by atoms with van der Waals surface area (Å²) in [5, 5.41) is 9.63. The lowest BCUT2D eigenvalue weighted by Gasteiger charge is -2.06. The number of rotatable bonds is 5.